The minimum Gasteiger partial charge on any atom is -0.384 e. The topological polar surface area (TPSA) is 80.3 Å². The summed E-state index contributed by atoms with van der Waals surface area (Å²) in [5, 5.41) is 6.10. The Bertz CT molecular complexity index is 837. The minimum absolute atomic E-state index is 0.156. The zero-order chi connectivity index (χ0) is 18.6. The average molecular weight is 396 g/mol. The summed E-state index contributed by atoms with van der Waals surface area (Å²) in [6, 6.07) is 6.95. The molecule has 26 heavy (non-hydrogen) atoms. The number of ether oxygens (including phenoxy) is 1. The SMILES string of the molecule is COCC1(CNS(=O)(=O)c2cccc(-c3nc(C)cs3)c2)CCNCC1. The van der Waals surface area contributed by atoms with E-state index in [1.165, 1.54) is 11.3 Å². The molecule has 1 aromatic heterocycles. The molecule has 0 aliphatic carbocycles. The normalized spacial score (nSPS) is 17.3. The van der Waals surface area contributed by atoms with E-state index in [2.05, 4.69) is 15.0 Å². The number of aryl methyl sites for hydroxylation is 1. The average Bonchev–Trinajstić information content (AvgIpc) is 3.08. The fraction of sp³-hybridized carbons (Fsp3) is 0.500. The molecule has 0 spiro atoms. The van der Waals surface area contributed by atoms with Crippen LogP contribution >= 0.6 is 11.3 Å². The zero-order valence-electron chi connectivity index (χ0n) is 15.1. The molecule has 0 atom stereocenters. The number of aromatic nitrogens is 1. The number of nitrogens with one attached hydrogen (secondary N) is 2. The summed E-state index contributed by atoms with van der Waals surface area (Å²) in [4.78, 5) is 4.71. The fourth-order valence-electron chi connectivity index (χ4n) is 3.25. The van der Waals surface area contributed by atoms with Gasteiger partial charge in [0.25, 0.3) is 0 Å². The highest BCUT2D eigenvalue weighted by Gasteiger charge is 2.33. The summed E-state index contributed by atoms with van der Waals surface area (Å²) in [7, 11) is -1.92. The van der Waals surface area contributed by atoms with Crippen LogP contribution in [0.2, 0.25) is 0 Å². The summed E-state index contributed by atoms with van der Waals surface area (Å²) in [6.07, 6.45) is 1.78. The molecule has 1 saturated heterocycles. The molecule has 2 aromatic rings. The molecule has 0 saturated carbocycles. The van der Waals surface area contributed by atoms with Crippen molar-refractivity contribution < 1.29 is 13.2 Å². The quantitative estimate of drug-likeness (QED) is 0.753. The number of nitrogens with zero attached hydrogens (tertiary/aromatic N) is 1. The van der Waals surface area contributed by atoms with Gasteiger partial charge in [0, 0.05) is 35.7 Å². The second-order valence-electron chi connectivity index (χ2n) is 6.83. The van der Waals surface area contributed by atoms with E-state index in [9.17, 15) is 8.42 Å². The van der Waals surface area contributed by atoms with E-state index in [1.54, 1.807) is 25.3 Å². The van der Waals surface area contributed by atoms with Gasteiger partial charge >= 0.3 is 0 Å². The first-order valence-corrected chi connectivity index (χ1v) is 11.0. The van der Waals surface area contributed by atoms with Gasteiger partial charge in [-0.2, -0.15) is 0 Å². The van der Waals surface area contributed by atoms with E-state index in [0.717, 1.165) is 42.2 Å². The molecule has 1 aliphatic heterocycles. The van der Waals surface area contributed by atoms with Crippen molar-refractivity contribution in [3.63, 3.8) is 0 Å². The van der Waals surface area contributed by atoms with E-state index in [0.29, 0.717) is 13.2 Å². The molecule has 1 aliphatic rings. The lowest BCUT2D eigenvalue weighted by Gasteiger charge is -2.37. The molecular weight excluding hydrogens is 370 g/mol. The lowest BCUT2D eigenvalue weighted by molar-refractivity contribution is 0.0577. The molecule has 0 unspecified atom stereocenters. The van der Waals surface area contributed by atoms with Crippen molar-refractivity contribution >= 4 is 21.4 Å². The molecule has 142 valence electrons. The lowest BCUT2D eigenvalue weighted by atomic mass is 9.80. The van der Waals surface area contributed by atoms with Crippen LogP contribution in [0.3, 0.4) is 0 Å². The van der Waals surface area contributed by atoms with Gasteiger partial charge in [-0.15, -0.1) is 11.3 Å². The maximum absolute atomic E-state index is 12.8. The first-order valence-electron chi connectivity index (χ1n) is 8.66. The third kappa shape index (κ3) is 4.50. The van der Waals surface area contributed by atoms with Crippen LogP contribution in [-0.4, -0.2) is 46.8 Å². The monoisotopic (exact) mass is 395 g/mol. The number of thiazole rings is 1. The third-order valence-electron chi connectivity index (χ3n) is 4.76. The highest BCUT2D eigenvalue weighted by atomic mass is 32.2. The number of rotatable bonds is 7. The van der Waals surface area contributed by atoms with Crippen LogP contribution in [0.4, 0.5) is 0 Å². The minimum atomic E-state index is -3.59. The third-order valence-corrected chi connectivity index (χ3v) is 7.17. The molecule has 6 nitrogen and oxygen atoms in total. The molecule has 8 heteroatoms. The van der Waals surface area contributed by atoms with Gasteiger partial charge in [-0.25, -0.2) is 18.1 Å². The van der Waals surface area contributed by atoms with Gasteiger partial charge in [-0.1, -0.05) is 12.1 Å². The smallest absolute Gasteiger partial charge is 0.240 e. The standard InChI is InChI=1S/C18H25N3O3S2/c1-14-11-25-17(21-14)15-4-3-5-16(10-15)26(22,23)20-12-18(13-24-2)6-8-19-9-7-18/h3-5,10-11,19-20H,6-9,12-13H2,1-2H3. The van der Waals surface area contributed by atoms with E-state index in [4.69, 9.17) is 4.74 Å². The highest BCUT2D eigenvalue weighted by Crippen LogP contribution is 2.29. The van der Waals surface area contributed by atoms with Gasteiger partial charge in [0.15, 0.2) is 0 Å². The van der Waals surface area contributed by atoms with E-state index < -0.39 is 10.0 Å². The van der Waals surface area contributed by atoms with Gasteiger partial charge in [-0.05, 0) is 45.0 Å². The van der Waals surface area contributed by atoms with E-state index in [-0.39, 0.29) is 10.3 Å². The molecular formula is C18H25N3O3S2. The van der Waals surface area contributed by atoms with E-state index >= 15 is 0 Å². The summed E-state index contributed by atoms with van der Waals surface area (Å²) in [5.74, 6) is 0. The summed E-state index contributed by atoms with van der Waals surface area (Å²) in [5.41, 5.74) is 1.60. The van der Waals surface area contributed by atoms with Crippen molar-refractivity contribution in [1.82, 2.24) is 15.0 Å². The number of benzene rings is 1. The predicted octanol–water partition coefficient (Wildman–Crippen LogP) is 2.41. The van der Waals surface area contributed by atoms with Crippen LogP contribution in [0, 0.1) is 12.3 Å². The summed E-state index contributed by atoms with van der Waals surface area (Å²) in [6.45, 7) is 4.62. The lowest BCUT2D eigenvalue weighted by Crippen LogP contribution is -2.47. The number of sulfonamides is 1. The summed E-state index contributed by atoms with van der Waals surface area (Å²) < 4.78 is 33.8. The van der Waals surface area contributed by atoms with Gasteiger partial charge in [0.2, 0.25) is 10.0 Å². The Morgan fingerprint density at radius 3 is 2.77 bits per heavy atom. The maximum atomic E-state index is 12.8. The molecule has 0 bridgehead atoms. The zero-order valence-corrected chi connectivity index (χ0v) is 16.8. The molecule has 2 N–H and O–H groups in total. The van der Waals surface area contributed by atoms with Crippen molar-refractivity contribution in [2.45, 2.75) is 24.7 Å². The van der Waals surface area contributed by atoms with Crippen molar-refractivity contribution in [1.29, 1.82) is 0 Å². The second-order valence-corrected chi connectivity index (χ2v) is 9.45. The molecule has 0 radical (unpaired) electrons. The number of piperidine rings is 1. The maximum Gasteiger partial charge on any atom is 0.240 e. The Kier molecular flexibility index (Phi) is 6.09. The van der Waals surface area contributed by atoms with Gasteiger partial charge in [0.1, 0.15) is 5.01 Å². The van der Waals surface area contributed by atoms with Crippen LogP contribution in [0.25, 0.3) is 10.6 Å². The van der Waals surface area contributed by atoms with E-state index in [1.807, 2.05) is 18.4 Å². The molecule has 1 fully saturated rings. The van der Waals surface area contributed by atoms with Crippen LogP contribution in [0.1, 0.15) is 18.5 Å². The van der Waals surface area contributed by atoms with Crippen LogP contribution in [-0.2, 0) is 14.8 Å². The van der Waals surface area contributed by atoms with Gasteiger partial charge in [0.05, 0.1) is 11.5 Å². The first-order chi connectivity index (χ1) is 12.4. The van der Waals surface area contributed by atoms with Crippen molar-refractivity contribution in [2.24, 2.45) is 5.41 Å². The Morgan fingerprint density at radius 1 is 1.35 bits per heavy atom. The number of hydrogen-bond donors (Lipinski definition) is 2. The van der Waals surface area contributed by atoms with Gasteiger partial charge < -0.3 is 10.1 Å². The van der Waals surface area contributed by atoms with Crippen molar-refractivity contribution in [2.75, 3.05) is 33.4 Å². The predicted molar refractivity (Wildman–Crippen MR) is 104 cm³/mol. The Morgan fingerprint density at radius 2 is 2.12 bits per heavy atom. The second kappa shape index (κ2) is 8.14. The molecule has 1 aromatic carbocycles. The number of methoxy groups -OCH3 is 1. The van der Waals surface area contributed by atoms with Crippen LogP contribution in [0.15, 0.2) is 34.5 Å². The molecule has 3 rings (SSSR count). The van der Waals surface area contributed by atoms with Crippen molar-refractivity contribution in [3.05, 3.63) is 35.3 Å². The fourth-order valence-corrected chi connectivity index (χ4v) is 5.25. The Hall–Kier alpha value is -1.32. The highest BCUT2D eigenvalue weighted by molar-refractivity contribution is 7.89. The van der Waals surface area contributed by atoms with Crippen molar-refractivity contribution in [3.8, 4) is 10.6 Å². The Balaban J connectivity index is 1.77. The largest absolute Gasteiger partial charge is 0.384 e. The van der Waals surface area contributed by atoms with Gasteiger partial charge in [-0.3, -0.25) is 0 Å². The molecule has 2 heterocycles. The number of hydrogen-bond acceptors (Lipinski definition) is 6. The Labute approximate surface area is 159 Å². The summed E-state index contributed by atoms with van der Waals surface area (Å²) >= 11 is 1.51. The van der Waals surface area contributed by atoms with Crippen LogP contribution in [0.5, 0.6) is 0 Å². The van der Waals surface area contributed by atoms with Crippen LogP contribution < -0.4 is 10.0 Å². The first kappa shape index (κ1) is 19.4. The molecule has 0 amide bonds.